The maximum absolute atomic E-state index is 2.40. The summed E-state index contributed by atoms with van der Waals surface area (Å²) in [6.45, 7) is 3.31. The molecule has 96 valence electrons. The van der Waals surface area contributed by atoms with Crippen LogP contribution in [-0.4, -0.2) is 18.0 Å². The van der Waals surface area contributed by atoms with Gasteiger partial charge in [0.1, 0.15) is 0 Å². The van der Waals surface area contributed by atoms with Gasteiger partial charge in [0.05, 0.1) is 0 Å². The SMILES string of the molecule is C[C@H]1/C(=C/c2ccccc2)c2ccccc2CN1C. The lowest BCUT2D eigenvalue weighted by Crippen LogP contribution is -2.34. The largest absolute Gasteiger partial charge is 0.295 e. The van der Waals surface area contributed by atoms with Crippen LogP contribution in [0.25, 0.3) is 11.6 Å². The van der Waals surface area contributed by atoms with Crippen molar-refractivity contribution in [3.63, 3.8) is 0 Å². The first-order valence-electron chi connectivity index (χ1n) is 6.81. The van der Waals surface area contributed by atoms with Crippen LogP contribution >= 0.6 is 0 Å². The van der Waals surface area contributed by atoms with E-state index in [1.54, 1.807) is 0 Å². The van der Waals surface area contributed by atoms with Crippen LogP contribution in [0.15, 0.2) is 54.6 Å². The molecule has 1 aliphatic heterocycles. The molecular formula is C18H19N. The molecule has 0 amide bonds. The maximum atomic E-state index is 2.40. The molecule has 1 aliphatic rings. The summed E-state index contributed by atoms with van der Waals surface area (Å²) in [6, 6.07) is 19.8. The molecule has 3 rings (SSSR count). The van der Waals surface area contributed by atoms with Gasteiger partial charge in [-0.05, 0) is 42.3 Å². The number of hydrogen-bond donors (Lipinski definition) is 0. The Hall–Kier alpha value is -1.86. The lowest BCUT2D eigenvalue weighted by atomic mass is 9.88. The van der Waals surface area contributed by atoms with E-state index in [1.165, 1.54) is 22.3 Å². The minimum Gasteiger partial charge on any atom is -0.295 e. The van der Waals surface area contributed by atoms with Crippen molar-refractivity contribution in [3.05, 3.63) is 71.3 Å². The summed E-state index contributed by atoms with van der Waals surface area (Å²) in [6.07, 6.45) is 2.32. The molecule has 0 unspecified atom stereocenters. The van der Waals surface area contributed by atoms with Crippen LogP contribution in [0.2, 0.25) is 0 Å². The van der Waals surface area contributed by atoms with Crippen molar-refractivity contribution in [1.82, 2.24) is 4.90 Å². The van der Waals surface area contributed by atoms with Crippen LogP contribution in [0.4, 0.5) is 0 Å². The minimum atomic E-state index is 0.454. The van der Waals surface area contributed by atoms with Crippen LogP contribution in [0, 0.1) is 0 Å². The van der Waals surface area contributed by atoms with E-state index in [-0.39, 0.29) is 0 Å². The Labute approximate surface area is 115 Å². The first-order valence-corrected chi connectivity index (χ1v) is 6.81. The zero-order chi connectivity index (χ0) is 13.2. The summed E-state index contributed by atoms with van der Waals surface area (Å²) in [4.78, 5) is 2.40. The highest BCUT2D eigenvalue weighted by Crippen LogP contribution is 2.32. The fourth-order valence-corrected chi connectivity index (χ4v) is 2.74. The van der Waals surface area contributed by atoms with E-state index in [2.05, 4.69) is 79.5 Å². The van der Waals surface area contributed by atoms with Crippen LogP contribution < -0.4 is 0 Å². The number of rotatable bonds is 1. The smallest absolute Gasteiger partial charge is 0.0326 e. The average Bonchev–Trinajstić information content (AvgIpc) is 2.45. The Morgan fingerprint density at radius 3 is 2.47 bits per heavy atom. The maximum Gasteiger partial charge on any atom is 0.0326 e. The highest BCUT2D eigenvalue weighted by Gasteiger charge is 2.23. The van der Waals surface area contributed by atoms with Gasteiger partial charge in [-0.3, -0.25) is 4.90 Å². The second kappa shape index (κ2) is 5.02. The predicted molar refractivity (Wildman–Crippen MR) is 81.7 cm³/mol. The second-order valence-electron chi connectivity index (χ2n) is 5.26. The summed E-state index contributed by atoms with van der Waals surface area (Å²) >= 11 is 0. The molecule has 1 atom stereocenters. The van der Waals surface area contributed by atoms with Gasteiger partial charge in [0, 0.05) is 12.6 Å². The Morgan fingerprint density at radius 2 is 1.68 bits per heavy atom. The number of nitrogens with zero attached hydrogens (tertiary/aromatic N) is 1. The Morgan fingerprint density at radius 1 is 1.00 bits per heavy atom. The monoisotopic (exact) mass is 249 g/mol. The lowest BCUT2D eigenvalue weighted by Gasteiger charge is -2.34. The third-order valence-electron chi connectivity index (χ3n) is 3.98. The quantitative estimate of drug-likeness (QED) is 0.736. The van der Waals surface area contributed by atoms with E-state index in [0.29, 0.717) is 6.04 Å². The Balaban J connectivity index is 2.11. The van der Waals surface area contributed by atoms with Crippen molar-refractivity contribution >= 4 is 11.6 Å². The van der Waals surface area contributed by atoms with Gasteiger partial charge in [-0.2, -0.15) is 0 Å². The van der Waals surface area contributed by atoms with Crippen molar-refractivity contribution < 1.29 is 0 Å². The highest BCUT2D eigenvalue weighted by atomic mass is 15.1. The topological polar surface area (TPSA) is 3.24 Å². The second-order valence-corrected chi connectivity index (χ2v) is 5.26. The fourth-order valence-electron chi connectivity index (χ4n) is 2.74. The van der Waals surface area contributed by atoms with Crippen LogP contribution in [0.3, 0.4) is 0 Å². The molecule has 1 heterocycles. The highest BCUT2D eigenvalue weighted by molar-refractivity contribution is 5.86. The molecule has 0 radical (unpaired) electrons. The standard InChI is InChI=1S/C18H19N/c1-14-18(12-15-8-4-3-5-9-15)17-11-7-6-10-16(17)13-19(14)2/h3-12,14H,13H2,1-2H3/b18-12-/t14-/m0/s1. The van der Waals surface area contributed by atoms with E-state index in [0.717, 1.165) is 6.54 Å². The molecule has 2 aromatic rings. The minimum absolute atomic E-state index is 0.454. The summed E-state index contributed by atoms with van der Waals surface area (Å²) in [5.41, 5.74) is 5.51. The summed E-state index contributed by atoms with van der Waals surface area (Å²) < 4.78 is 0. The predicted octanol–water partition coefficient (Wildman–Crippen LogP) is 4.06. The summed E-state index contributed by atoms with van der Waals surface area (Å²) in [5.74, 6) is 0. The van der Waals surface area contributed by atoms with Gasteiger partial charge in [-0.25, -0.2) is 0 Å². The Kier molecular flexibility index (Phi) is 3.22. The van der Waals surface area contributed by atoms with Crippen molar-refractivity contribution in [2.45, 2.75) is 19.5 Å². The third-order valence-corrected chi connectivity index (χ3v) is 3.98. The van der Waals surface area contributed by atoms with E-state index in [9.17, 15) is 0 Å². The lowest BCUT2D eigenvalue weighted by molar-refractivity contribution is 0.287. The molecule has 2 aromatic carbocycles. The average molecular weight is 249 g/mol. The number of likely N-dealkylation sites (N-methyl/N-ethyl adjacent to an activating group) is 1. The van der Waals surface area contributed by atoms with Gasteiger partial charge in [-0.1, -0.05) is 54.6 Å². The normalized spacial score (nSPS) is 21.4. The number of hydrogen-bond acceptors (Lipinski definition) is 1. The molecule has 1 heteroatoms. The van der Waals surface area contributed by atoms with E-state index < -0.39 is 0 Å². The zero-order valence-corrected chi connectivity index (χ0v) is 11.5. The fraction of sp³-hybridized carbons (Fsp3) is 0.222. The van der Waals surface area contributed by atoms with Gasteiger partial charge < -0.3 is 0 Å². The van der Waals surface area contributed by atoms with Crippen molar-refractivity contribution in [2.24, 2.45) is 0 Å². The molecule has 0 saturated carbocycles. The zero-order valence-electron chi connectivity index (χ0n) is 11.5. The van der Waals surface area contributed by atoms with Crippen molar-refractivity contribution in [1.29, 1.82) is 0 Å². The number of fused-ring (bicyclic) bond motifs is 1. The molecule has 0 aromatic heterocycles. The van der Waals surface area contributed by atoms with Crippen molar-refractivity contribution in [2.75, 3.05) is 7.05 Å². The van der Waals surface area contributed by atoms with Crippen LogP contribution in [0.5, 0.6) is 0 Å². The summed E-state index contributed by atoms with van der Waals surface area (Å²) in [5, 5.41) is 0. The van der Waals surface area contributed by atoms with Gasteiger partial charge in [-0.15, -0.1) is 0 Å². The third kappa shape index (κ3) is 2.34. The summed E-state index contributed by atoms with van der Waals surface area (Å²) in [7, 11) is 2.19. The molecule has 0 aliphatic carbocycles. The molecule has 0 fully saturated rings. The molecule has 1 nitrogen and oxygen atoms in total. The molecule has 0 saturated heterocycles. The molecule has 0 spiro atoms. The van der Waals surface area contributed by atoms with Crippen LogP contribution in [-0.2, 0) is 6.54 Å². The molecular weight excluding hydrogens is 230 g/mol. The molecule has 0 N–H and O–H groups in total. The molecule has 19 heavy (non-hydrogen) atoms. The van der Waals surface area contributed by atoms with E-state index in [4.69, 9.17) is 0 Å². The number of benzene rings is 2. The van der Waals surface area contributed by atoms with Gasteiger partial charge in [0.2, 0.25) is 0 Å². The first kappa shape index (κ1) is 12.2. The van der Waals surface area contributed by atoms with Crippen LogP contribution in [0.1, 0.15) is 23.6 Å². The molecule has 0 bridgehead atoms. The van der Waals surface area contributed by atoms with E-state index >= 15 is 0 Å². The van der Waals surface area contributed by atoms with Gasteiger partial charge in [0.15, 0.2) is 0 Å². The van der Waals surface area contributed by atoms with Gasteiger partial charge >= 0.3 is 0 Å². The van der Waals surface area contributed by atoms with E-state index in [1.807, 2.05) is 0 Å². The first-order chi connectivity index (χ1) is 9.25. The Bertz CT molecular complexity index is 598. The van der Waals surface area contributed by atoms with Gasteiger partial charge in [0.25, 0.3) is 0 Å². The van der Waals surface area contributed by atoms with Crippen molar-refractivity contribution in [3.8, 4) is 0 Å².